The molecule has 0 radical (unpaired) electrons. The van der Waals surface area contributed by atoms with Crippen LogP contribution in [0.5, 0.6) is 5.75 Å². The minimum atomic E-state index is -0.870. The van der Waals surface area contributed by atoms with Crippen LogP contribution in [0.2, 0.25) is 0 Å². The van der Waals surface area contributed by atoms with Crippen molar-refractivity contribution < 1.29 is 19.1 Å². The third kappa shape index (κ3) is 4.18. The van der Waals surface area contributed by atoms with Crippen LogP contribution in [-0.2, 0) is 20.9 Å². The molecule has 1 atom stereocenters. The summed E-state index contributed by atoms with van der Waals surface area (Å²) >= 11 is 0. The lowest BCUT2D eigenvalue weighted by Gasteiger charge is -2.25. The van der Waals surface area contributed by atoms with Crippen LogP contribution in [0, 0.1) is 0 Å². The number of hydrogen-bond acceptors (Lipinski definition) is 4. The minimum absolute atomic E-state index is 0.121. The molecule has 0 aromatic heterocycles. The Kier molecular flexibility index (Phi) is 5.03. The van der Waals surface area contributed by atoms with Gasteiger partial charge in [0, 0.05) is 0 Å². The van der Waals surface area contributed by atoms with Gasteiger partial charge in [0.2, 0.25) is 0 Å². The maximum absolute atomic E-state index is 12.0. The van der Waals surface area contributed by atoms with Crippen molar-refractivity contribution >= 4 is 17.6 Å². The van der Waals surface area contributed by atoms with Gasteiger partial charge in [-0.25, -0.2) is 0 Å². The summed E-state index contributed by atoms with van der Waals surface area (Å²) in [5.74, 6) is 0.218. The number of esters is 1. The molecule has 1 heterocycles. The fraction of sp³-hybridized carbons (Fsp3) is 0.300. The van der Waals surface area contributed by atoms with E-state index in [2.05, 4.69) is 19.2 Å². The van der Waals surface area contributed by atoms with Crippen molar-refractivity contribution in [3.8, 4) is 5.75 Å². The molecule has 5 nitrogen and oxygen atoms in total. The van der Waals surface area contributed by atoms with Crippen LogP contribution in [0.15, 0.2) is 48.5 Å². The summed E-state index contributed by atoms with van der Waals surface area (Å²) < 4.78 is 10.9. The lowest BCUT2D eigenvalue weighted by Crippen LogP contribution is -2.38. The number of rotatable bonds is 5. The molecule has 0 aliphatic carbocycles. The quantitative estimate of drug-likeness (QED) is 0.845. The molecular formula is C20H21NO4. The Hall–Kier alpha value is -2.82. The van der Waals surface area contributed by atoms with E-state index in [0.29, 0.717) is 17.4 Å². The third-order valence-corrected chi connectivity index (χ3v) is 4.10. The van der Waals surface area contributed by atoms with E-state index in [9.17, 15) is 9.59 Å². The van der Waals surface area contributed by atoms with Crippen LogP contribution >= 0.6 is 0 Å². The number of hydrogen-bond donors (Lipinski definition) is 1. The molecular weight excluding hydrogens is 318 g/mol. The summed E-state index contributed by atoms with van der Waals surface area (Å²) in [4.78, 5) is 24.1. The Morgan fingerprint density at radius 1 is 1.16 bits per heavy atom. The van der Waals surface area contributed by atoms with Crippen LogP contribution in [-0.4, -0.2) is 18.0 Å². The number of para-hydroxylation sites is 2. The van der Waals surface area contributed by atoms with Crippen LogP contribution in [0.25, 0.3) is 0 Å². The first-order valence-corrected chi connectivity index (χ1v) is 8.34. The second kappa shape index (κ2) is 7.38. The zero-order chi connectivity index (χ0) is 17.8. The van der Waals surface area contributed by atoms with Gasteiger partial charge >= 0.3 is 5.97 Å². The highest BCUT2D eigenvalue weighted by molar-refractivity contribution is 5.99. The van der Waals surface area contributed by atoms with Gasteiger partial charge < -0.3 is 14.8 Å². The molecule has 1 N–H and O–H groups in total. The van der Waals surface area contributed by atoms with Gasteiger partial charge in [-0.15, -0.1) is 0 Å². The fourth-order valence-corrected chi connectivity index (χ4v) is 2.60. The van der Waals surface area contributed by atoms with Crippen molar-refractivity contribution in [1.82, 2.24) is 0 Å². The number of amides is 1. The van der Waals surface area contributed by atoms with Gasteiger partial charge in [-0.1, -0.05) is 50.2 Å². The predicted octanol–water partition coefficient (Wildman–Crippen LogP) is 3.64. The molecule has 1 aliphatic heterocycles. The number of ether oxygens (including phenoxy) is 2. The number of benzene rings is 2. The van der Waals surface area contributed by atoms with Crippen molar-refractivity contribution in [1.29, 1.82) is 0 Å². The maximum atomic E-state index is 12.0. The first kappa shape index (κ1) is 17.0. The largest absolute Gasteiger partial charge is 0.478 e. The monoisotopic (exact) mass is 339 g/mol. The smallest absolute Gasteiger partial charge is 0.310 e. The highest BCUT2D eigenvalue weighted by atomic mass is 16.5. The van der Waals surface area contributed by atoms with Crippen LogP contribution < -0.4 is 10.1 Å². The van der Waals surface area contributed by atoms with E-state index in [1.54, 1.807) is 12.1 Å². The topological polar surface area (TPSA) is 64.6 Å². The van der Waals surface area contributed by atoms with Crippen molar-refractivity contribution in [3.63, 3.8) is 0 Å². The SMILES string of the molecule is CC(C)c1ccc(COC(=O)CC2Oc3ccccc3NC2=O)cc1. The van der Waals surface area contributed by atoms with E-state index in [1.807, 2.05) is 36.4 Å². The Balaban J connectivity index is 1.53. The third-order valence-electron chi connectivity index (χ3n) is 4.10. The Labute approximate surface area is 147 Å². The van der Waals surface area contributed by atoms with Crippen molar-refractivity contribution in [2.45, 2.75) is 38.9 Å². The molecule has 0 fully saturated rings. The van der Waals surface area contributed by atoms with Gasteiger partial charge in [0.05, 0.1) is 12.1 Å². The molecule has 130 valence electrons. The second-order valence-corrected chi connectivity index (χ2v) is 6.35. The van der Waals surface area contributed by atoms with E-state index in [-0.39, 0.29) is 18.9 Å². The number of nitrogens with one attached hydrogen (secondary N) is 1. The van der Waals surface area contributed by atoms with E-state index in [1.165, 1.54) is 5.56 Å². The standard InChI is InChI=1S/C20H21NO4/c1-13(2)15-9-7-14(8-10-15)12-24-19(22)11-18-20(23)21-16-5-3-4-6-17(16)25-18/h3-10,13,18H,11-12H2,1-2H3,(H,21,23). The molecule has 0 saturated carbocycles. The molecule has 2 aromatic rings. The maximum Gasteiger partial charge on any atom is 0.310 e. The zero-order valence-electron chi connectivity index (χ0n) is 14.3. The molecule has 2 aromatic carbocycles. The minimum Gasteiger partial charge on any atom is -0.478 e. The van der Waals surface area contributed by atoms with E-state index < -0.39 is 12.1 Å². The predicted molar refractivity (Wildman–Crippen MR) is 94.4 cm³/mol. The zero-order valence-corrected chi connectivity index (χ0v) is 14.3. The van der Waals surface area contributed by atoms with Gasteiger partial charge in [0.25, 0.3) is 5.91 Å². The summed E-state index contributed by atoms with van der Waals surface area (Å²) in [7, 11) is 0. The van der Waals surface area contributed by atoms with Crippen LogP contribution in [0.3, 0.4) is 0 Å². The van der Waals surface area contributed by atoms with Gasteiger partial charge in [0.1, 0.15) is 12.4 Å². The van der Waals surface area contributed by atoms with E-state index in [0.717, 1.165) is 5.56 Å². The Morgan fingerprint density at radius 2 is 1.88 bits per heavy atom. The van der Waals surface area contributed by atoms with Gasteiger partial charge in [0.15, 0.2) is 6.10 Å². The lowest BCUT2D eigenvalue weighted by atomic mass is 10.0. The Bertz CT molecular complexity index is 768. The van der Waals surface area contributed by atoms with Gasteiger partial charge in [-0.2, -0.15) is 0 Å². The molecule has 0 saturated heterocycles. The summed E-state index contributed by atoms with van der Waals surface area (Å²) in [6.45, 7) is 4.44. The number of anilines is 1. The van der Waals surface area contributed by atoms with Gasteiger partial charge in [-0.3, -0.25) is 9.59 Å². The number of carbonyl (C=O) groups excluding carboxylic acids is 2. The van der Waals surface area contributed by atoms with E-state index >= 15 is 0 Å². The second-order valence-electron chi connectivity index (χ2n) is 6.35. The first-order chi connectivity index (χ1) is 12.0. The molecule has 0 spiro atoms. The highest BCUT2D eigenvalue weighted by Gasteiger charge is 2.30. The fourth-order valence-electron chi connectivity index (χ4n) is 2.60. The highest BCUT2D eigenvalue weighted by Crippen LogP contribution is 2.29. The summed E-state index contributed by atoms with van der Waals surface area (Å²) in [5, 5.41) is 2.73. The summed E-state index contributed by atoms with van der Waals surface area (Å²) in [6.07, 6.45) is -0.990. The van der Waals surface area contributed by atoms with E-state index in [4.69, 9.17) is 9.47 Å². The van der Waals surface area contributed by atoms with Crippen LogP contribution in [0.1, 0.15) is 37.3 Å². The summed E-state index contributed by atoms with van der Waals surface area (Å²) in [6, 6.07) is 15.1. The normalized spacial score (nSPS) is 16.0. The molecule has 3 rings (SSSR count). The van der Waals surface area contributed by atoms with Gasteiger partial charge in [-0.05, 0) is 29.2 Å². The molecule has 5 heteroatoms. The molecule has 0 bridgehead atoms. The average Bonchev–Trinajstić information content (AvgIpc) is 2.61. The van der Waals surface area contributed by atoms with Crippen molar-refractivity contribution in [2.75, 3.05) is 5.32 Å². The molecule has 25 heavy (non-hydrogen) atoms. The van der Waals surface area contributed by atoms with Crippen molar-refractivity contribution in [2.24, 2.45) is 0 Å². The average molecular weight is 339 g/mol. The Morgan fingerprint density at radius 3 is 2.60 bits per heavy atom. The van der Waals surface area contributed by atoms with Crippen LogP contribution in [0.4, 0.5) is 5.69 Å². The van der Waals surface area contributed by atoms with Crippen molar-refractivity contribution in [3.05, 3.63) is 59.7 Å². The number of carbonyl (C=O) groups is 2. The molecule has 1 unspecified atom stereocenters. The number of fused-ring (bicyclic) bond motifs is 1. The first-order valence-electron chi connectivity index (χ1n) is 8.34. The molecule has 1 amide bonds. The summed E-state index contributed by atoms with van der Waals surface area (Å²) in [5.41, 5.74) is 2.76. The lowest BCUT2D eigenvalue weighted by molar-refractivity contribution is -0.149. The molecule has 1 aliphatic rings.